The quantitative estimate of drug-likeness (QED) is 0.828. The highest BCUT2D eigenvalue weighted by atomic mass is 19.1. The average molecular weight is 397 g/mol. The van der Waals surface area contributed by atoms with Gasteiger partial charge in [0.05, 0.1) is 12.1 Å². The topological polar surface area (TPSA) is 92.0 Å². The Morgan fingerprint density at radius 1 is 1.31 bits per heavy atom. The molecule has 1 saturated heterocycles. The molecule has 1 aromatic heterocycles. The summed E-state index contributed by atoms with van der Waals surface area (Å²) in [6.07, 6.45) is 4.48. The minimum absolute atomic E-state index is 0.107. The molecule has 1 amide bonds. The zero-order valence-electron chi connectivity index (χ0n) is 16.1. The molecule has 29 heavy (non-hydrogen) atoms. The number of nitrogens with zero attached hydrogens (tertiary/aromatic N) is 3. The molecule has 0 bridgehead atoms. The second-order valence-corrected chi connectivity index (χ2v) is 7.70. The van der Waals surface area contributed by atoms with Crippen LogP contribution in [-0.4, -0.2) is 41.1 Å². The lowest BCUT2D eigenvalue weighted by molar-refractivity contribution is 0.0784. The summed E-state index contributed by atoms with van der Waals surface area (Å²) in [5, 5.41) is 19.6. The number of benzene rings is 1. The molecule has 2 aromatic rings. The lowest BCUT2D eigenvalue weighted by atomic mass is 9.97. The van der Waals surface area contributed by atoms with Gasteiger partial charge < -0.3 is 15.4 Å². The van der Waals surface area contributed by atoms with Crippen LogP contribution in [0.25, 0.3) is 0 Å². The number of carbonyl (C=O) groups excluding carboxylic acids is 1. The first-order valence-electron chi connectivity index (χ1n) is 10.0. The van der Waals surface area contributed by atoms with Crippen molar-refractivity contribution in [1.29, 1.82) is 5.26 Å². The molecular formula is C21H24FN5O2. The standard InChI is InChI=1S/C21H24FN5O2/c22-16-5-3-14(4-6-16)15-10-19(20(11-15)27-9-7-17(12-23)26-27)25-21(28)29-18-2-1-8-24-13-18/h3-7,9,15,18-20,24H,1-2,8,10-11,13H2,(H,25,28). The Morgan fingerprint density at radius 3 is 2.83 bits per heavy atom. The Hall–Kier alpha value is -2.92. The first kappa shape index (κ1) is 19.4. The number of nitrogens with one attached hydrogen (secondary N) is 2. The largest absolute Gasteiger partial charge is 0.445 e. The Labute approximate surface area is 168 Å². The van der Waals surface area contributed by atoms with Crippen LogP contribution in [0.3, 0.4) is 0 Å². The molecule has 7 nitrogen and oxygen atoms in total. The van der Waals surface area contributed by atoms with E-state index in [1.807, 2.05) is 6.07 Å². The number of hydrogen-bond acceptors (Lipinski definition) is 5. The molecule has 4 unspecified atom stereocenters. The Balaban J connectivity index is 1.49. The molecule has 0 spiro atoms. The van der Waals surface area contributed by atoms with Crippen molar-refractivity contribution < 1.29 is 13.9 Å². The summed E-state index contributed by atoms with van der Waals surface area (Å²) < 4.78 is 20.6. The third kappa shape index (κ3) is 4.57. The smallest absolute Gasteiger partial charge is 0.407 e. The van der Waals surface area contributed by atoms with Crippen molar-refractivity contribution in [2.24, 2.45) is 0 Å². The van der Waals surface area contributed by atoms with Crippen LogP contribution in [0, 0.1) is 17.1 Å². The lowest BCUT2D eigenvalue weighted by Crippen LogP contribution is -2.43. The normalized spacial score (nSPS) is 26.6. The van der Waals surface area contributed by atoms with Gasteiger partial charge in [-0.1, -0.05) is 12.1 Å². The molecule has 0 radical (unpaired) electrons. The van der Waals surface area contributed by atoms with E-state index in [0.29, 0.717) is 18.7 Å². The summed E-state index contributed by atoms with van der Waals surface area (Å²) in [5.41, 5.74) is 1.36. The number of hydrogen-bond donors (Lipinski definition) is 2. The molecule has 2 fully saturated rings. The van der Waals surface area contributed by atoms with E-state index in [-0.39, 0.29) is 29.9 Å². The van der Waals surface area contributed by atoms with Crippen LogP contribution in [0.4, 0.5) is 9.18 Å². The molecule has 2 heterocycles. The van der Waals surface area contributed by atoms with Crippen molar-refractivity contribution in [2.75, 3.05) is 13.1 Å². The van der Waals surface area contributed by atoms with Crippen molar-refractivity contribution in [3.63, 3.8) is 0 Å². The number of nitriles is 1. The van der Waals surface area contributed by atoms with Gasteiger partial charge in [-0.3, -0.25) is 4.68 Å². The van der Waals surface area contributed by atoms with Crippen LogP contribution < -0.4 is 10.6 Å². The zero-order chi connectivity index (χ0) is 20.2. The Kier molecular flexibility index (Phi) is 5.76. The highest BCUT2D eigenvalue weighted by Gasteiger charge is 2.38. The van der Waals surface area contributed by atoms with Crippen LogP contribution >= 0.6 is 0 Å². The first-order chi connectivity index (χ1) is 14.1. The number of rotatable bonds is 4. The molecule has 2 N–H and O–H groups in total. The number of alkyl carbamates (subject to hydrolysis) is 1. The highest BCUT2D eigenvalue weighted by Crippen LogP contribution is 2.41. The van der Waals surface area contributed by atoms with Crippen molar-refractivity contribution in [1.82, 2.24) is 20.4 Å². The summed E-state index contributed by atoms with van der Waals surface area (Å²) in [5.74, 6) is -0.120. The first-order valence-corrected chi connectivity index (χ1v) is 10.0. The minimum Gasteiger partial charge on any atom is -0.445 e. The van der Waals surface area contributed by atoms with Crippen molar-refractivity contribution >= 4 is 6.09 Å². The van der Waals surface area contributed by atoms with E-state index in [0.717, 1.165) is 31.4 Å². The van der Waals surface area contributed by atoms with Gasteiger partial charge in [0, 0.05) is 12.7 Å². The van der Waals surface area contributed by atoms with Gasteiger partial charge in [-0.2, -0.15) is 10.4 Å². The van der Waals surface area contributed by atoms with Crippen molar-refractivity contribution in [3.8, 4) is 6.07 Å². The molecule has 152 valence electrons. The summed E-state index contributed by atoms with van der Waals surface area (Å²) in [6.45, 7) is 1.62. The van der Waals surface area contributed by atoms with Gasteiger partial charge in [-0.25, -0.2) is 9.18 Å². The van der Waals surface area contributed by atoms with E-state index >= 15 is 0 Å². The van der Waals surface area contributed by atoms with Gasteiger partial charge in [0.15, 0.2) is 5.69 Å². The third-order valence-electron chi connectivity index (χ3n) is 5.76. The zero-order valence-corrected chi connectivity index (χ0v) is 16.1. The van der Waals surface area contributed by atoms with Crippen molar-refractivity contribution in [3.05, 3.63) is 53.6 Å². The number of halogens is 1. The van der Waals surface area contributed by atoms with Gasteiger partial charge in [0.2, 0.25) is 0 Å². The maximum Gasteiger partial charge on any atom is 0.407 e. The van der Waals surface area contributed by atoms with E-state index in [2.05, 4.69) is 15.7 Å². The van der Waals surface area contributed by atoms with Gasteiger partial charge in [-0.15, -0.1) is 0 Å². The molecule has 4 atom stereocenters. The fourth-order valence-electron chi connectivity index (χ4n) is 4.31. The monoisotopic (exact) mass is 397 g/mol. The maximum absolute atomic E-state index is 13.3. The average Bonchev–Trinajstić information content (AvgIpc) is 3.36. The molecule has 2 aliphatic rings. The van der Waals surface area contributed by atoms with Crippen LogP contribution in [0.5, 0.6) is 0 Å². The van der Waals surface area contributed by atoms with Gasteiger partial charge in [0.1, 0.15) is 18.0 Å². The van der Waals surface area contributed by atoms with Gasteiger partial charge in [0.25, 0.3) is 0 Å². The van der Waals surface area contributed by atoms with E-state index in [4.69, 9.17) is 10.00 Å². The minimum atomic E-state index is -0.430. The van der Waals surface area contributed by atoms with E-state index in [9.17, 15) is 9.18 Å². The van der Waals surface area contributed by atoms with Crippen LogP contribution in [0.15, 0.2) is 36.5 Å². The fraction of sp³-hybridized carbons (Fsp3) is 0.476. The number of ether oxygens (including phenoxy) is 1. The number of carbonyl (C=O) groups is 1. The SMILES string of the molecule is N#Cc1ccn(C2CC(c3ccc(F)cc3)CC2NC(=O)OC2CCCNC2)n1. The molecule has 8 heteroatoms. The van der Waals surface area contributed by atoms with Crippen LogP contribution in [0.2, 0.25) is 0 Å². The molecule has 1 aliphatic heterocycles. The van der Waals surface area contributed by atoms with Crippen molar-refractivity contribution in [2.45, 2.75) is 49.8 Å². The van der Waals surface area contributed by atoms with Gasteiger partial charge in [-0.05, 0) is 61.9 Å². The predicted octanol–water partition coefficient (Wildman–Crippen LogP) is 2.86. The molecule has 4 rings (SSSR count). The number of piperidine rings is 1. The van der Waals surface area contributed by atoms with E-state index in [1.165, 1.54) is 12.1 Å². The fourth-order valence-corrected chi connectivity index (χ4v) is 4.31. The molecular weight excluding hydrogens is 373 g/mol. The third-order valence-corrected chi connectivity index (χ3v) is 5.76. The Bertz CT molecular complexity index is 885. The summed E-state index contributed by atoms with van der Waals surface area (Å²) in [7, 11) is 0. The molecule has 1 aliphatic carbocycles. The Morgan fingerprint density at radius 2 is 2.14 bits per heavy atom. The highest BCUT2D eigenvalue weighted by molar-refractivity contribution is 5.68. The van der Waals surface area contributed by atoms with Gasteiger partial charge >= 0.3 is 6.09 Å². The maximum atomic E-state index is 13.3. The second kappa shape index (κ2) is 8.62. The lowest BCUT2D eigenvalue weighted by Gasteiger charge is -2.25. The van der Waals surface area contributed by atoms with Crippen LogP contribution in [-0.2, 0) is 4.74 Å². The molecule has 1 saturated carbocycles. The summed E-state index contributed by atoms with van der Waals surface area (Å²) in [4.78, 5) is 12.5. The predicted molar refractivity (Wildman–Crippen MR) is 104 cm³/mol. The summed E-state index contributed by atoms with van der Waals surface area (Å²) in [6, 6.07) is 9.88. The number of amides is 1. The number of aromatic nitrogens is 2. The van der Waals surface area contributed by atoms with E-state index in [1.54, 1.807) is 29.1 Å². The molecule has 1 aromatic carbocycles. The van der Waals surface area contributed by atoms with Crippen LogP contribution in [0.1, 0.15) is 48.9 Å². The van der Waals surface area contributed by atoms with E-state index < -0.39 is 6.09 Å². The second-order valence-electron chi connectivity index (χ2n) is 7.70. The summed E-state index contributed by atoms with van der Waals surface area (Å²) >= 11 is 0.